The van der Waals surface area contributed by atoms with Crippen molar-refractivity contribution in [1.29, 1.82) is 0 Å². The van der Waals surface area contributed by atoms with Crippen molar-refractivity contribution in [3.63, 3.8) is 0 Å². The van der Waals surface area contributed by atoms with Gasteiger partial charge in [-0.1, -0.05) is 13.8 Å². The molecule has 0 aromatic rings. The van der Waals surface area contributed by atoms with Gasteiger partial charge in [-0.3, -0.25) is 0 Å². The monoisotopic (exact) mass is 253 g/mol. The van der Waals surface area contributed by atoms with E-state index in [0.717, 1.165) is 31.2 Å². The second-order valence-corrected chi connectivity index (χ2v) is 6.46. The number of rotatable bonds is 4. The van der Waals surface area contributed by atoms with Gasteiger partial charge in [0.1, 0.15) is 0 Å². The summed E-state index contributed by atoms with van der Waals surface area (Å²) in [6.07, 6.45) is 3.62. The standard InChI is InChI=1S/C14H27N3O/c1-10-6-11(2)8-17(7-10)9-12(3)15-14(18)16-13-4-5-13/h10-13H,4-9H2,1-3H3,(H2,15,16,18)/t10-,11-,12+/m1/s1. The van der Waals surface area contributed by atoms with Crippen molar-refractivity contribution in [2.45, 2.75) is 52.1 Å². The molecule has 3 atom stereocenters. The van der Waals surface area contributed by atoms with Crippen molar-refractivity contribution in [3.8, 4) is 0 Å². The molecule has 1 saturated carbocycles. The summed E-state index contributed by atoms with van der Waals surface area (Å²) in [7, 11) is 0. The maximum absolute atomic E-state index is 11.6. The number of carbonyl (C=O) groups excluding carboxylic acids is 1. The molecule has 2 N–H and O–H groups in total. The molecule has 2 fully saturated rings. The van der Waals surface area contributed by atoms with Crippen LogP contribution in [0.25, 0.3) is 0 Å². The number of piperidine rings is 1. The SMILES string of the molecule is C[C@@H]1C[C@@H](C)CN(C[C@H](C)NC(=O)NC2CC2)C1. The minimum Gasteiger partial charge on any atom is -0.335 e. The van der Waals surface area contributed by atoms with Crippen molar-refractivity contribution in [2.24, 2.45) is 11.8 Å². The first-order chi connectivity index (χ1) is 8.52. The molecule has 0 bridgehead atoms. The third-order valence-electron chi connectivity index (χ3n) is 3.77. The number of likely N-dealkylation sites (tertiary alicyclic amines) is 1. The largest absolute Gasteiger partial charge is 0.335 e. The molecule has 1 aliphatic heterocycles. The predicted molar refractivity (Wildman–Crippen MR) is 73.5 cm³/mol. The molecular weight excluding hydrogens is 226 g/mol. The first kappa shape index (κ1) is 13.7. The molecule has 0 aromatic carbocycles. The highest BCUT2D eigenvalue weighted by Gasteiger charge is 2.25. The minimum absolute atomic E-state index is 0.00288. The minimum atomic E-state index is 0.00288. The Labute approximate surface area is 110 Å². The van der Waals surface area contributed by atoms with Gasteiger partial charge in [-0.25, -0.2) is 4.79 Å². The van der Waals surface area contributed by atoms with E-state index in [1.54, 1.807) is 0 Å². The fourth-order valence-electron chi connectivity index (χ4n) is 3.05. The number of amides is 2. The molecule has 2 aliphatic rings. The van der Waals surface area contributed by atoms with E-state index in [1.807, 2.05) is 0 Å². The first-order valence-electron chi connectivity index (χ1n) is 7.32. The van der Waals surface area contributed by atoms with Crippen LogP contribution in [0.1, 0.15) is 40.0 Å². The average Bonchev–Trinajstić information content (AvgIpc) is 2.98. The molecule has 1 aliphatic carbocycles. The Kier molecular flexibility index (Phi) is 4.49. The van der Waals surface area contributed by atoms with Crippen molar-refractivity contribution < 1.29 is 4.79 Å². The maximum atomic E-state index is 11.6. The summed E-state index contributed by atoms with van der Waals surface area (Å²) in [6, 6.07) is 0.664. The normalized spacial score (nSPS) is 30.8. The summed E-state index contributed by atoms with van der Waals surface area (Å²) < 4.78 is 0. The first-order valence-corrected chi connectivity index (χ1v) is 7.32. The number of carbonyl (C=O) groups is 1. The second-order valence-electron chi connectivity index (χ2n) is 6.46. The van der Waals surface area contributed by atoms with Gasteiger partial charge in [0.05, 0.1) is 0 Å². The van der Waals surface area contributed by atoms with Crippen LogP contribution in [0.2, 0.25) is 0 Å². The Bertz CT molecular complexity index is 281. The summed E-state index contributed by atoms with van der Waals surface area (Å²) in [5, 5.41) is 6.01. The predicted octanol–water partition coefficient (Wildman–Crippen LogP) is 1.81. The fraction of sp³-hybridized carbons (Fsp3) is 0.929. The van der Waals surface area contributed by atoms with Crippen molar-refractivity contribution in [2.75, 3.05) is 19.6 Å². The zero-order valence-electron chi connectivity index (χ0n) is 11.9. The van der Waals surface area contributed by atoms with Gasteiger partial charge in [0, 0.05) is 31.7 Å². The Balaban J connectivity index is 1.68. The molecule has 1 saturated heterocycles. The highest BCUT2D eigenvalue weighted by molar-refractivity contribution is 5.74. The Morgan fingerprint density at radius 3 is 2.44 bits per heavy atom. The molecular formula is C14H27N3O. The zero-order chi connectivity index (χ0) is 13.1. The molecule has 4 nitrogen and oxygen atoms in total. The number of hydrogen-bond acceptors (Lipinski definition) is 2. The molecule has 4 heteroatoms. The third kappa shape index (κ3) is 4.48. The third-order valence-corrected chi connectivity index (χ3v) is 3.77. The Morgan fingerprint density at radius 1 is 1.28 bits per heavy atom. The van der Waals surface area contributed by atoms with Gasteiger partial charge in [-0.2, -0.15) is 0 Å². The lowest BCUT2D eigenvalue weighted by Crippen LogP contribution is -2.49. The van der Waals surface area contributed by atoms with Crippen LogP contribution in [-0.2, 0) is 0 Å². The highest BCUT2D eigenvalue weighted by Crippen LogP contribution is 2.21. The Hall–Kier alpha value is -0.770. The molecule has 0 aromatic heterocycles. The van der Waals surface area contributed by atoms with E-state index in [9.17, 15) is 4.79 Å². The van der Waals surface area contributed by atoms with E-state index in [-0.39, 0.29) is 12.1 Å². The summed E-state index contributed by atoms with van der Waals surface area (Å²) in [4.78, 5) is 14.1. The van der Waals surface area contributed by atoms with Crippen molar-refractivity contribution in [3.05, 3.63) is 0 Å². The molecule has 0 spiro atoms. The van der Waals surface area contributed by atoms with Gasteiger partial charge < -0.3 is 15.5 Å². The van der Waals surface area contributed by atoms with Gasteiger partial charge >= 0.3 is 6.03 Å². The van der Waals surface area contributed by atoms with Gasteiger partial charge in [0.15, 0.2) is 0 Å². The molecule has 18 heavy (non-hydrogen) atoms. The smallest absolute Gasteiger partial charge is 0.315 e. The fourth-order valence-corrected chi connectivity index (χ4v) is 3.05. The van der Waals surface area contributed by atoms with E-state index in [1.165, 1.54) is 19.5 Å². The number of urea groups is 1. The van der Waals surface area contributed by atoms with Crippen LogP contribution >= 0.6 is 0 Å². The van der Waals surface area contributed by atoms with Crippen molar-refractivity contribution in [1.82, 2.24) is 15.5 Å². The van der Waals surface area contributed by atoms with E-state index in [4.69, 9.17) is 0 Å². The molecule has 0 unspecified atom stereocenters. The summed E-state index contributed by atoms with van der Waals surface area (Å²) in [5.74, 6) is 1.56. The van der Waals surface area contributed by atoms with Crippen LogP contribution < -0.4 is 10.6 Å². The quantitative estimate of drug-likeness (QED) is 0.802. The van der Waals surface area contributed by atoms with Crippen LogP contribution in [-0.4, -0.2) is 42.6 Å². The summed E-state index contributed by atoms with van der Waals surface area (Å²) in [6.45, 7) is 10.0. The average molecular weight is 253 g/mol. The van der Waals surface area contributed by atoms with Crippen LogP contribution in [0, 0.1) is 11.8 Å². The van der Waals surface area contributed by atoms with E-state index in [0.29, 0.717) is 6.04 Å². The van der Waals surface area contributed by atoms with Gasteiger partial charge in [0.25, 0.3) is 0 Å². The van der Waals surface area contributed by atoms with E-state index >= 15 is 0 Å². The maximum Gasteiger partial charge on any atom is 0.315 e. The van der Waals surface area contributed by atoms with Gasteiger partial charge in [-0.05, 0) is 38.0 Å². The molecule has 0 radical (unpaired) electrons. The molecule has 2 rings (SSSR count). The van der Waals surface area contributed by atoms with Gasteiger partial charge in [-0.15, -0.1) is 0 Å². The summed E-state index contributed by atoms with van der Waals surface area (Å²) >= 11 is 0. The lowest BCUT2D eigenvalue weighted by atomic mass is 9.92. The highest BCUT2D eigenvalue weighted by atomic mass is 16.2. The van der Waals surface area contributed by atoms with E-state index in [2.05, 4.69) is 36.3 Å². The van der Waals surface area contributed by atoms with Crippen LogP contribution in [0.3, 0.4) is 0 Å². The van der Waals surface area contributed by atoms with Crippen molar-refractivity contribution >= 4 is 6.03 Å². The number of nitrogens with one attached hydrogen (secondary N) is 2. The summed E-state index contributed by atoms with van der Waals surface area (Å²) in [5.41, 5.74) is 0. The van der Waals surface area contributed by atoms with E-state index < -0.39 is 0 Å². The second kappa shape index (κ2) is 5.91. The van der Waals surface area contributed by atoms with Crippen LogP contribution in [0.4, 0.5) is 4.79 Å². The molecule has 1 heterocycles. The lowest BCUT2D eigenvalue weighted by molar-refractivity contribution is 0.131. The lowest BCUT2D eigenvalue weighted by Gasteiger charge is -2.36. The van der Waals surface area contributed by atoms with Crippen LogP contribution in [0.15, 0.2) is 0 Å². The van der Waals surface area contributed by atoms with Crippen LogP contribution in [0.5, 0.6) is 0 Å². The number of nitrogens with zero attached hydrogens (tertiary/aromatic N) is 1. The number of hydrogen-bond donors (Lipinski definition) is 2. The topological polar surface area (TPSA) is 44.4 Å². The Morgan fingerprint density at radius 2 is 1.89 bits per heavy atom. The zero-order valence-corrected chi connectivity index (χ0v) is 11.9. The molecule has 2 amide bonds. The molecule has 104 valence electrons. The van der Waals surface area contributed by atoms with Gasteiger partial charge in [0.2, 0.25) is 0 Å².